The number of carbonyl (C=O) groups is 2. The lowest BCUT2D eigenvalue weighted by Gasteiger charge is -2.07. The smallest absolute Gasteiger partial charge is 0.369 e. The Hall–Kier alpha value is -2.50. The van der Waals surface area contributed by atoms with Gasteiger partial charge in [-0.15, -0.1) is 5.10 Å². The van der Waals surface area contributed by atoms with E-state index in [-0.39, 0.29) is 11.4 Å². The third-order valence-corrected chi connectivity index (χ3v) is 2.84. The summed E-state index contributed by atoms with van der Waals surface area (Å²) in [6.07, 6.45) is 0. The largest absolute Gasteiger partial charge is 0.383 e. The van der Waals surface area contributed by atoms with Crippen molar-refractivity contribution in [2.75, 3.05) is 0 Å². The van der Waals surface area contributed by atoms with Crippen molar-refractivity contribution in [2.45, 2.75) is 13.8 Å². The quantitative estimate of drug-likeness (QED) is 0.555. The summed E-state index contributed by atoms with van der Waals surface area (Å²) < 4.78 is 5.85. The summed E-state index contributed by atoms with van der Waals surface area (Å²) in [5.41, 5.74) is 2.74. The van der Waals surface area contributed by atoms with E-state index in [1.807, 2.05) is 32.0 Å². The molecule has 0 aliphatic carbocycles. The van der Waals surface area contributed by atoms with Gasteiger partial charge < -0.3 is 4.74 Å². The fraction of sp³-hybridized carbons (Fsp3) is 0.167. The lowest BCUT2D eigenvalue weighted by Crippen LogP contribution is -2.09. The zero-order valence-corrected chi connectivity index (χ0v) is 9.80. The first kappa shape index (κ1) is 10.6. The van der Waals surface area contributed by atoms with Crippen LogP contribution in [-0.2, 0) is 4.74 Å². The molecule has 0 bridgehead atoms. The monoisotopic (exact) mass is 243 g/mol. The van der Waals surface area contributed by atoms with E-state index in [4.69, 9.17) is 0 Å². The van der Waals surface area contributed by atoms with E-state index >= 15 is 0 Å². The van der Waals surface area contributed by atoms with Gasteiger partial charge in [0.15, 0.2) is 5.69 Å². The van der Waals surface area contributed by atoms with Gasteiger partial charge in [0.25, 0.3) is 0 Å². The molecule has 0 fully saturated rings. The van der Waals surface area contributed by atoms with Crippen molar-refractivity contribution in [3.63, 3.8) is 0 Å². The fourth-order valence-corrected chi connectivity index (χ4v) is 1.90. The van der Waals surface area contributed by atoms with Crippen molar-refractivity contribution in [1.82, 2.24) is 15.0 Å². The molecule has 0 radical (unpaired) electrons. The van der Waals surface area contributed by atoms with Crippen LogP contribution in [-0.4, -0.2) is 26.9 Å². The van der Waals surface area contributed by atoms with E-state index in [9.17, 15) is 9.59 Å². The van der Waals surface area contributed by atoms with Gasteiger partial charge in [-0.3, -0.25) is 0 Å². The van der Waals surface area contributed by atoms with Crippen LogP contribution in [0.1, 0.15) is 32.1 Å². The molecule has 0 saturated carbocycles. The van der Waals surface area contributed by atoms with Crippen molar-refractivity contribution in [2.24, 2.45) is 0 Å². The summed E-state index contributed by atoms with van der Waals surface area (Å²) in [6.45, 7) is 3.83. The molecule has 2 aromatic rings. The number of carbonyl (C=O) groups excluding carboxylic acids is 2. The first-order valence-electron chi connectivity index (χ1n) is 5.38. The van der Waals surface area contributed by atoms with Crippen LogP contribution >= 0.6 is 0 Å². The van der Waals surface area contributed by atoms with Crippen LogP contribution in [0.15, 0.2) is 18.2 Å². The maximum atomic E-state index is 11.6. The summed E-state index contributed by atoms with van der Waals surface area (Å²) in [7, 11) is 0. The van der Waals surface area contributed by atoms with Gasteiger partial charge in [0.1, 0.15) is 0 Å². The molecule has 0 saturated heterocycles. The first-order valence-corrected chi connectivity index (χ1v) is 5.38. The Morgan fingerprint density at radius 1 is 1.17 bits per heavy atom. The van der Waals surface area contributed by atoms with E-state index in [0.29, 0.717) is 0 Å². The second kappa shape index (κ2) is 3.49. The van der Waals surface area contributed by atoms with Crippen molar-refractivity contribution >= 4 is 11.9 Å². The summed E-state index contributed by atoms with van der Waals surface area (Å²) in [6, 6.07) is 5.75. The average molecular weight is 243 g/mol. The summed E-state index contributed by atoms with van der Waals surface area (Å²) in [5, 5.41) is 7.55. The molecule has 0 amide bonds. The number of aromatic nitrogens is 3. The van der Waals surface area contributed by atoms with Gasteiger partial charge in [-0.2, -0.15) is 0 Å². The molecule has 6 heteroatoms. The van der Waals surface area contributed by atoms with Gasteiger partial charge in [0.05, 0.1) is 5.69 Å². The van der Waals surface area contributed by atoms with Gasteiger partial charge in [-0.1, -0.05) is 17.3 Å². The van der Waals surface area contributed by atoms with E-state index in [0.717, 1.165) is 16.8 Å². The molecule has 0 unspecified atom stereocenters. The molecule has 2 heterocycles. The molecule has 1 aliphatic rings. The summed E-state index contributed by atoms with van der Waals surface area (Å²) >= 11 is 0. The minimum Gasteiger partial charge on any atom is -0.383 e. The Morgan fingerprint density at radius 2 is 1.94 bits per heavy atom. The summed E-state index contributed by atoms with van der Waals surface area (Å²) in [4.78, 5) is 22.9. The van der Waals surface area contributed by atoms with Crippen LogP contribution in [0.3, 0.4) is 0 Å². The lowest BCUT2D eigenvalue weighted by molar-refractivity contribution is 0.0434. The van der Waals surface area contributed by atoms with Gasteiger partial charge >= 0.3 is 11.9 Å². The first-order chi connectivity index (χ1) is 8.58. The molecule has 90 valence electrons. The summed E-state index contributed by atoms with van der Waals surface area (Å²) in [5.74, 6) is -1.45. The normalized spacial score (nSPS) is 13.7. The van der Waals surface area contributed by atoms with Gasteiger partial charge in [-0.25, -0.2) is 14.3 Å². The molecule has 0 atom stereocenters. The number of aryl methyl sites for hydroxylation is 2. The van der Waals surface area contributed by atoms with E-state index in [1.165, 1.54) is 4.68 Å². The second-order valence-electron chi connectivity index (χ2n) is 4.17. The number of hydrogen-bond acceptors (Lipinski definition) is 5. The highest BCUT2D eigenvalue weighted by molar-refractivity contribution is 6.12. The molecule has 3 rings (SSSR count). The van der Waals surface area contributed by atoms with E-state index in [1.54, 1.807) is 0 Å². The van der Waals surface area contributed by atoms with Gasteiger partial charge in [-0.05, 0) is 31.0 Å². The number of rotatable bonds is 1. The van der Waals surface area contributed by atoms with Crippen molar-refractivity contribution in [3.05, 3.63) is 40.7 Å². The molecular formula is C12H9N3O3. The number of benzene rings is 1. The maximum absolute atomic E-state index is 11.6. The minimum atomic E-state index is -0.744. The number of fused-ring (bicyclic) bond motifs is 1. The van der Waals surface area contributed by atoms with E-state index in [2.05, 4.69) is 15.0 Å². The second-order valence-corrected chi connectivity index (χ2v) is 4.17. The SMILES string of the molecule is Cc1ccc(C)c(-n2nnc3c2C(=O)OC3=O)c1. The van der Waals surface area contributed by atoms with Crippen molar-refractivity contribution < 1.29 is 14.3 Å². The van der Waals surface area contributed by atoms with Crippen LogP contribution in [0.2, 0.25) is 0 Å². The van der Waals surface area contributed by atoms with Crippen LogP contribution in [0.4, 0.5) is 0 Å². The predicted molar refractivity (Wildman–Crippen MR) is 60.6 cm³/mol. The average Bonchev–Trinajstić information content (AvgIpc) is 2.86. The Bertz CT molecular complexity index is 688. The topological polar surface area (TPSA) is 74.1 Å². The molecule has 18 heavy (non-hydrogen) atoms. The van der Waals surface area contributed by atoms with E-state index < -0.39 is 11.9 Å². The van der Waals surface area contributed by atoms with Crippen LogP contribution in [0.25, 0.3) is 5.69 Å². The van der Waals surface area contributed by atoms with Crippen LogP contribution in [0, 0.1) is 13.8 Å². The number of nitrogens with zero attached hydrogens (tertiary/aromatic N) is 3. The standard InChI is InChI=1S/C12H9N3O3/c1-6-3-4-7(2)8(5-6)15-10-9(13-14-15)11(16)18-12(10)17/h3-5H,1-2H3. The zero-order valence-electron chi connectivity index (χ0n) is 9.80. The molecule has 6 nitrogen and oxygen atoms in total. The fourth-order valence-electron chi connectivity index (χ4n) is 1.90. The highest BCUT2D eigenvalue weighted by Crippen LogP contribution is 2.23. The molecule has 0 N–H and O–H groups in total. The Balaban J connectivity index is 2.26. The molecular weight excluding hydrogens is 234 g/mol. The molecule has 1 aromatic heterocycles. The van der Waals surface area contributed by atoms with Crippen LogP contribution in [0.5, 0.6) is 0 Å². The highest BCUT2D eigenvalue weighted by Gasteiger charge is 2.37. The predicted octanol–water partition coefficient (Wildman–Crippen LogP) is 1.19. The van der Waals surface area contributed by atoms with Crippen molar-refractivity contribution in [3.8, 4) is 5.69 Å². The number of cyclic esters (lactones) is 2. The third kappa shape index (κ3) is 1.35. The number of ether oxygens (including phenoxy) is 1. The number of hydrogen-bond donors (Lipinski definition) is 0. The lowest BCUT2D eigenvalue weighted by atomic mass is 10.1. The van der Waals surface area contributed by atoms with Gasteiger partial charge in [0, 0.05) is 0 Å². The van der Waals surface area contributed by atoms with Gasteiger partial charge in [0.2, 0.25) is 5.69 Å². The van der Waals surface area contributed by atoms with Crippen molar-refractivity contribution in [1.29, 1.82) is 0 Å². The number of esters is 2. The minimum absolute atomic E-state index is 0.0269. The Kier molecular flexibility index (Phi) is 2.07. The molecule has 0 spiro atoms. The maximum Gasteiger partial charge on any atom is 0.369 e. The van der Waals surface area contributed by atoms with Crippen LogP contribution < -0.4 is 0 Å². The highest BCUT2D eigenvalue weighted by atomic mass is 16.6. The zero-order chi connectivity index (χ0) is 12.9. The third-order valence-electron chi connectivity index (χ3n) is 2.84. The molecule has 1 aromatic carbocycles. The molecule has 1 aliphatic heterocycles. The Labute approximate surface area is 102 Å². The Morgan fingerprint density at radius 3 is 2.72 bits per heavy atom.